The molecular weight excluding hydrogens is 189 g/mol. The Balaban J connectivity index is 3.16. The van der Waals surface area contributed by atoms with Gasteiger partial charge < -0.3 is 5.73 Å². The Labute approximate surface area is 82.7 Å². The molecule has 72 valence electrons. The van der Waals surface area contributed by atoms with Crippen LogP contribution in [0.15, 0.2) is 18.2 Å². The molecule has 1 unspecified atom stereocenters. The Kier molecular flexibility index (Phi) is 2.94. The monoisotopic (exact) mass is 201 g/mol. The van der Waals surface area contributed by atoms with Crippen LogP contribution in [0.25, 0.3) is 0 Å². The third-order valence-electron chi connectivity index (χ3n) is 2.28. The number of hydrogen-bond donors (Lipinski definition) is 1. The molecule has 1 atom stereocenters. The van der Waals surface area contributed by atoms with E-state index in [4.69, 9.17) is 17.3 Å². The van der Waals surface area contributed by atoms with Crippen LogP contribution in [0.3, 0.4) is 0 Å². The highest BCUT2D eigenvalue weighted by Gasteiger charge is 2.22. The standard InChI is InChI=1S/C10H13ClFN/c1-3-10(2,13)8-5-4-7(11)6-9(8)12/h4-6H,3,13H2,1-2H3. The quantitative estimate of drug-likeness (QED) is 0.782. The number of benzene rings is 1. The zero-order chi connectivity index (χ0) is 10.1. The van der Waals surface area contributed by atoms with Gasteiger partial charge >= 0.3 is 0 Å². The van der Waals surface area contributed by atoms with Crippen LogP contribution in [0.5, 0.6) is 0 Å². The summed E-state index contributed by atoms with van der Waals surface area (Å²) in [5.74, 6) is -0.334. The van der Waals surface area contributed by atoms with Crippen LogP contribution in [0, 0.1) is 5.82 Å². The summed E-state index contributed by atoms with van der Waals surface area (Å²) < 4.78 is 13.4. The van der Waals surface area contributed by atoms with E-state index in [1.54, 1.807) is 19.1 Å². The van der Waals surface area contributed by atoms with Crippen LogP contribution in [0.4, 0.5) is 4.39 Å². The number of nitrogens with two attached hydrogens (primary N) is 1. The van der Waals surface area contributed by atoms with Crippen molar-refractivity contribution in [1.29, 1.82) is 0 Å². The second-order valence-corrected chi connectivity index (χ2v) is 3.83. The molecule has 0 aromatic heterocycles. The van der Waals surface area contributed by atoms with Crippen molar-refractivity contribution in [2.75, 3.05) is 0 Å². The average Bonchev–Trinajstić information content (AvgIpc) is 2.03. The van der Waals surface area contributed by atoms with E-state index in [1.165, 1.54) is 6.07 Å². The molecule has 0 aliphatic heterocycles. The molecule has 0 spiro atoms. The van der Waals surface area contributed by atoms with Crippen molar-refractivity contribution >= 4 is 11.6 Å². The molecule has 0 fully saturated rings. The lowest BCUT2D eigenvalue weighted by molar-refractivity contribution is 0.446. The van der Waals surface area contributed by atoms with Crippen molar-refractivity contribution in [3.8, 4) is 0 Å². The first-order valence-electron chi connectivity index (χ1n) is 4.22. The first kappa shape index (κ1) is 10.5. The molecule has 0 saturated heterocycles. The topological polar surface area (TPSA) is 26.0 Å². The molecule has 1 nitrogen and oxygen atoms in total. The smallest absolute Gasteiger partial charge is 0.129 e. The fourth-order valence-corrected chi connectivity index (χ4v) is 1.30. The lowest BCUT2D eigenvalue weighted by atomic mass is 9.90. The van der Waals surface area contributed by atoms with Gasteiger partial charge in [-0.25, -0.2) is 4.39 Å². The molecule has 3 heteroatoms. The number of hydrogen-bond acceptors (Lipinski definition) is 1. The third kappa shape index (κ3) is 2.20. The summed E-state index contributed by atoms with van der Waals surface area (Å²) in [5, 5.41) is 0.396. The highest BCUT2D eigenvalue weighted by atomic mass is 35.5. The first-order chi connectivity index (χ1) is 5.97. The molecule has 1 aromatic carbocycles. The van der Waals surface area contributed by atoms with Crippen molar-refractivity contribution in [2.45, 2.75) is 25.8 Å². The van der Waals surface area contributed by atoms with Gasteiger partial charge in [-0.3, -0.25) is 0 Å². The van der Waals surface area contributed by atoms with Gasteiger partial charge in [0.05, 0.1) is 0 Å². The van der Waals surface area contributed by atoms with Crippen molar-refractivity contribution < 1.29 is 4.39 Å². The Hall–Kier alpha value is -0.600. The van der Waals surface area contributed by atoms with E-state index in [9.17, 15) is 4.39 Å². The van der Waals surface area contributed by atoms with Gasteiger partial charge in [0.2, 0.25) is 0 Å². The zero-order valence-electron chi connectivity index (χ0n) is 7.77. The lowest BCUT2D eigenvalue weighted by Gasteiger charge is -2.23. The minimum Gasteiger partial charge on any atom is -0.322 e. The molecule has 1 aromatic rings. The van der Waals surface area contributed by atoms with Gasteiger partial charge in [-0.05, 0) is 25.5 Å². The maximum absolute atomic E-state index is 13.4. The van der Waals surface area contributed by atoms with Gasteiger partial charge in [-0.2, -0.15) is 0 Å². The van der Waals surface area contributed by atoms with Crippen LogP contribution in [0.2, 0.25) is 5.02 Å². The molecule has 1 rings (SSSR count). The third-order valence-corrected chi connectivity index (χ3v) is 2.52. The van der Waals surface area contributed by atoms with E-state index in [1.807, 2.05) is 6.92 Å². The minimum absolute atomic E-state index is 0.334. The normalized spacial score (nSPS) is 15.5. The summed E-state index contributed by atoms with van der Waals surface area (Å²) in [4.78, 5) is 0. The molecule has 0 heterocycles. The fourth-order valence-electron chi connectivity index (χ4n) is 1.14. The molecule has 0 amide bonds. The fraction of sp³-hybridized carbons (Fsp3) is 0.400. The molecule has 0 saturated carbocycles. The lowest BCUT2D eigenvalue weighted by Crippen LogP contribution is -2.33. The summed E-state index contributed by atoms with van der Waals surface area (Å²) in [7, 11) is 0. The van der Waals surface area contributed by atoms with E-state index >= 15 is 0 Å². The van der Waals surface area contributed by atoms with Crippen LogP contribution in [-0.4, -0.2) is 0 Å². The van der Waals surface area contributed by atoms with Crippen LogP contribution in [-0.2, 0) is 5.54 Å². The summed E-state index contributed by atoms with van der Waals surface area (Å²) >= 11 is 5.63. The highest BCUT2D eigenvalue weighted by molar-refractivity contribution is 6.30. The van der Waals surface area contributed by atoms with Gasteiger partial charge in [0.15, 0.2) is 0 Å². The SMILES string of the molecule is CCC(C)(N)c1ccc(Cl)cc1F. The van der Waals surface area contributed by atoms with Crippen molar-refractivity contribution in [2.24, 2.45) is 5.73 Å². The first-order valence-corrected chi connectivity index (χ1v) is 4.59. The van der Waals surface area contributed by atoms with E-state index in [-0.39, 0.29) is 5.82 Å². The van der Waals surface area contributed by atoms with Crippen molar-refractivity contribution in [1.82, 2.24) is 0 Å². The van der Waals surface area contributed by atoms with Crippen LogP contribution < -0.4 is 5.73 Å². The Morgan fingerprint density at radius 2 is 2.15 bits per heavy atom. The molecule has 0 aliphatic rings. The van der Waals surface area contributed by atoms with E-state index in [2.05, 4.69) is 0 Å². The zero-order valence-corrected chi connectivity index (χ0v) is 8.53. The van der Waals surface area contributed by atoms with Crippen LogP contribution in [0.1, 0.15) is 25.8 Å². The van der Waals surface area contributed by atoms with Crippen LogP contribution >= 0.6 is 11.6 Å². The van der Waals surface area contributed by atoms with Gasteiger partial charge in [-0.15, -0.1) is 0 Å². The molecular formula is C10H13ClFN. The highest BCUT2D eigenvalue weighted by Crippen LogP contribution is 2.25. The summed E-state index contributed by atoms with van der Waals surface area (Å²) in [6, 6.07) is 4.58. The molecule has 0 aliphatic carbocycles. The second kappa shape index (κ2) is 3.64. The predicted octanol–water partition coefficient (Wildman–Crippen LogP) is 3.06. The van der Waals surface area contributed by atoms with Gasteiger partial charge in [-0.1, -0.05) is 24.6 Å². The Morgan fingerprint density at radius 1 is 1.54 bits per heavy atom. The number of halogens is 2. The Bertz CT molecular complexity index is 310. The Morgan fingerprint density at radius 3 is 2.62 bits per heavy atom. The summed E-state index contributed by atoms with van der Waals surface area (Å²) in [6.07, 6.45) is 0.686. The predicted molar refractivity (Wildman–Crippen MR) is 53.2 cm³/mol. The van der Waals surface area contributed by atoms with Crippen molar-refractivity contribution in [3.63, 3.8) is 0 Å². The van der Waals surface area contributed by atoms with Gasteiger partial charge in [0.25, 0.3) is 0 Å². The molecule has 0 bridgehead atoms. The largest absolute Gasteiger partial charge is 0.322 e. The molecule has 13 heavy (non-hydrogen) atoms. The molecule has 2 N–H and O–H groups in total. The van der Waals surface area contributed by atoms with E-state index in [0.717, 1.165) is 0 Å². The molecule has 0 radical (unpaired) electrons. The maximum atomic E-state index is 13.4. The summed E-state index contributed by atoms with van der Waals surface area (Å²) in [5.41, 5.74) is 5.80. The average molecular weight is 202 g/mol. The van der Waals surface area contributed by atoms with Gasteiger partial charge in [0, 0.05) is 16.1 Å². The summed E-state index contributed by atoms with van der Waals surface area (Å²) in [6.45, 7) is 3.73. The van der Waals surface area contributed by atoms with Crippen molar-refractivity contribution in [3.05, 3.63) is 34.6 Å². The maximum Gasteiger partial charge on any atom is 0.129 e. The second-order valence-electron chi connectivity index (χ2n) is 3.40. The number of rotatable bonds is 2. The van der Waals surface area contributed by atoms with E-state index < -0.39 is 5.54 Å². The minimum atomic E-state index is -0.616. The van der Waals surface area contributed by atoms with E-state index in [0.29, 0.717) is 17.0 Å². The van der Waals surface area contributed by atoms with Gasteiger partial charge in [0.1, 0.15) is 5.82 Å².